The number of aliphatic hydroxyl groups is 1. The van der Waals surface area contributed by atoms with Crippen molar-refractivity contribution in [3.05, 3.63) is 23.2 Å². The molecule has 0 aliphatic heterocycles. The van der Waals surface area contributed by atoms with Crippen LogP contribution in [-0.2, 0) is 0 Å². The summed E-state index contributed by atoms with van der Waals surface area (Å²) in [4.78, 5) is 11.9. The van der Waals surface area contributed by atoms with Crippen molar-refractivity contribution in [3.63, 3.8) is 0 Å². The molecular weight excluding hydrogens is 280 g/mol. The monoisotopic (exact) mass is 300 g/mol. The van der Waals surface area contributed by atoms with Crippen LogP contribution in [0.4, 0.5) is 10.5 Å². The fourth-order valence-corrected chi connectivity index (χ4v) is 1.98. The van der Waals surface area contributed by atoms with Crippen molar-refractivity contribution in [3.8, 4) is 5.75 Å². The molecule has 0 bridgehead atoms. The highest BCUT2D eigenvalue weighted by atomic mass is 35.5. The summed E-state index contributed by atoms with van der Waals surface area (Å²) >= 11 is 6.00. The number of amides is 2. The molecule has 0 saturated heterocycles. The molecule has 112 valence electrons. The molecule has 1 unspecified atom stereocenters. The molecule has 5 nitrogen and oxygen atoms in total. The molecule has 20 heavy (non-hydrogen) atoms. The first-order chi connectivity index (χ1) is 9.46. The number of carbonyl (C=O) groups is 1. The van der Waals surface area contributed by atoms with Gasteiger partial charge in [-0.05, 0) is 24.5 Å². The maximum atomic E-state index is 11.9. The minimum atomic E-state index is -0.403. The van der Waals surface area contributed by atoms with Crippen LogP contribution >= 0.6 is 11.6 Å². The van der Waals surface area contributed by atoms with Crippen molar-refractivity contribution in [2.45, 2.75) is 26.3 Å². The molecular formula is C14H21ClN2O3. The average Bonchev–Trinajstić information content (AvgIpc) is 2.40. The summed E-state index contributed by atoms with van der Waals surface area (Å²) in [6.07, 6.45) is 0.704. The topological polar surface area (TPSA) is 70.6 Å². The lowest BCUT2D eigenvalue weighted by molar-refractivity contribution is 0.214. The predicted molar refractivity (Wildman–Crippen MR) is 80.5 cm³/mol. The van der Waals surface area contributed by atoms with Crippen LogP contribution in [0.2, 0.25) is 5.02 Å². The van der Waals surface area contributed by atoms with Gasteiger partial charge in [-0.3, -0.25) is 0 Å². The maximum absolute atomic E-state index is 11.9. The first-order valence-corrected chi connectivity index (χ1v) is 6.86. The molecule has 0 spiro atoms. The number of anilines is 1. The van der Waals surface area contributed by atoms with Gasteiger partial charge in [-0.25, -0.2) is 4.79 Å². The largest absolute Gasteiger partial charge is 0.497 e. The number of benzene rings is 1. The molecule has 3 N–H and O–H groups in total. The zero-order chi connectivity index (χ0) is 15.1. The Hall–Kier alpha value is -1.46. The molecule has 1 atom stereocenters. The Bertz CT molecular complexity index is 452. The van der Waals surface area contributed by atoms with Crippen LogP contribution in [-0.4, -0.2) is 30.9 Å². The minimum absolute atomic E-state index is 0.0998. The molecule has 0 heterocycles. The molecule has 0 aromatic heterocycles. The van der Waals surface area contributed by atoms with Crippen LogP contribution in [0, 0.1) is 5.92 Å². The summed E-state index contributed by atoms with van der Waals surface area (Å²) in [7, 11) is 1.54. The third-order valence-corrected chi connectivity index (χ3v) is 3.06. The van der Waals surface area contributed by atoms with E-state index < -0.39 is 6.03 Å². The number of hydrogen-bond acceptors (Lipinski definition) is 3. The molecule has 0 aliphatic carbocycles. The molecule has 1 aromatic carbocycles. The lowest BCUT2D eigenvalue weighted by Gasteiger charge is -2.19. The van der Waals surface area contributed by atoms with Gasteiger partial charge in [0.05, 0.1) is 30.5 Å². The second-order valence-electron chi connectivity index (χ2n) is 4.95. The van der Waals surface area contributed by atoms with Crippen molar-refractivity contribution in [2.75, 3.05) is 19.0 Å². The summed E-state index contributed by atoms with van der Waals surface area (Å²) in [6, 6.07) is 4.31. The fraction of sp³-hybridized carbons (Fsp3) is 0.500. The minimum Gasteiger partial charge on any atom is -0.497 e. The molecule has 1 rings (SSSR count). The standard InChI is InChI=1S/C14H21ClN2O3/c1-9(2)6-10(8-18)16-14(19)17-13-7-11(20-3)4-5-12(13)15/h4-5,7,9-10,18H,6,8H2,1-3H3,(H2,16,17,19). The zero-order valence-electron chi connectivity index (χ0n) is 11.9. The number of ether oxygens (including phenoxy) is 1. The number of rotatable bonds is 6. The van der Waals surface area contributed by atoms with E-state index in [9.17, 15) is 9.90 Å². The van der Waals surface area contributed by atoms with Crippen molar-refractivity contribution >= 4 is 23.3 Å². The van der Waals surface area contributed by atoms with E-state index in [4.69, 9.17) is 16.3 Å². The number of nitrogens with one attached hydrogen (secondary N) is 2. The van der Waals surface area contributed by atoms with Crippen molar-refractivity contribution < 1.29 is 14.6 Å². The van der Waals surface area contributed by atoms with Gasteiger partial charge in [0.15, 0.2) is 0 Å². The summed E-state index contributed by atoms with van der Waals surface area (Å²) in [5.41, 5.74) is 0.463. The number of hydrogen-bond donors (Lipinski definition) is 3. The van der Waals surface area contributed by atoms with E-state index in [1.807, 2.05) is 13.8 Å². The van der Waals surface area contributed by atoms with Crippen LogP contribution in [0.1, 0.15) is 20.3 Å². The first-order valence-electron chi connectivity index (χ1n) is 6.48. The lowest BCUT2D eigenvalue weighted by Crippen LogP contribution is -2.41. The number of urea groups is 1. The summed E-state index contributed by atoms with van der Waals surface area (Å²) in [6.45, 7) is 3.96. The predicted octanol–water partition coefficient (Wildman–Crippen LogP) is 2.88. The zero-order valence-corrected chi connectivity index (χ0v) is 12.7. The normalized spacial score (nSPS) is 12.1. The van der Waals surface area contributed by atoms with Crippen molar-refractivity contribution in [2.24, 2.45) is 5.92 Å². The summed E-state index contributed by atoms with van der Waals surface area (Å²) < 4.78 is 5.08. The smallest absolute Gasteiger partial charge is 0.319 e. The Morgan fingerprint density at radius 1 is 1.45 bits per heavy atom. The lowest BCUT2D eigenvalue weighted by atomic mass is 10.0. The third-order valence-electron chi connectivity index (χ3n) is 2.73. The van der Waals surface area contributed by atoms with Crippen LogP contribution in [0.3, 0.4) is 0 Å². The van der Waals surface area contributed by atoms with Gasteiger partial charge < -0.3 is 20.5 Å². The Kier molecular flexibility index (Phi) is 6.61. The number of methoxy groups -OCH3 is 1. The second kappa shape index (κ2) is 7.97. The molecule has 2 amide bonds. The van der Waals surface area contributed by atoms with Gasteiger partial charge >= 0.3 is 6.03 Å². The first kappa shape index (κ1) is 16.6. The van der Waals surface area contributed by atoms with E-state index in [2.05, 4.69) is 10.6 Å². The van der Waals surface area contributed by atoms with Gasteiger partial charge in [0.2, 0.25) is 0 Å². The van der Waals surface area contributed by atoms with Crippen LogP contribution < -0.4 is 15.4 Å². The Morgan fingerprint density at radius 2 is 2.15 bits per heavy atom. The highest BCUT2D eigenvalue weighted by Gasteiger charge is 2.14. The highest BCUT2D eigenvalue weighted by molar-refractivity contribution is 6.33. The van der Waals surface area contributed by atoms with E-state index in [1.54, 1.807) is 18.2 Å². The molecule has 0 aliphatic rings. The van der Waals surface area contributed by atoms with Gasteiger partial charge in [-0.2, -0.15) is 0 Å². The molecule has 0 radical (unpaired) electrons. The number of aliphatic hydroxyl groups excluding tert-OH is 1. The molecule has 1 aromatic rings. The van der Waals surface area contributed by atoms with Crippen molar-refractivity contribution in [1.29, 1.82) is 0 Å². The molecule has 0 fully saturated rings. The number of carbonyl (C=O) groups excluding carboxylic acids is 1. The quantitative estimate of drug-likeness (QED) is 0.756. The van der Waals surface area contributed by atoms with Crippen LogP contribution in [0.25, 0.3) is 0 Å². The maximum Gasteiger partial charge on any atom is 0.319 e. The summed E-state index contributed by atoms with van der Waals surface area (Å²) in [5, 5.41) is 15.0. The summed E-state index contributed by atoms with van der Waals surface area (Å²) in [5.74, 6) is 0.985. The van der Waals surface area contributed by atoms with E-state index >= 15 is 0 Å². The highest BCUT2D eigenvalue weighted by Crippen LogP contribution is 2.26. The number of halogens is 1. The van der Waals surface area contributed by atoms with Gasteiger partial charge in [0.1, 0.15) is 5.75 Å². The Balaban J connectivity index is 2.65. The van der Waals surface area contributed by atoms with Gasteiger partial charge in [-0.1, -0.05) is 25.4 Å². The third kappa shape index (κ3) is 5.27. The van der Waals surface area contributed by atoms with Gasteiger partial charge in [0, 0.05) is 6.07 Å². The SMILES string of the molecule is COc1ccc(Cl)c(NC(=O)NC(CO)CC(C)C)c1. The average molecular weight is 301 g/mol. The van der Waals surface area contributed by atoms with Crippen molar-refractivity contribution in [1.82, 2.24) is 5.32 Å². The Morgan fingerprint density at radius 3 is 2.70 bits per heavy atom. The van der Waals surface area contributed by atoms with E-state index in [1.165, 1.54) is 7.11 Å². The van der Waals surface area contributed by atoms with E-state index in [0.717, 1.165) is 0 Å². The molecule has 6 heteroatoms. The second-order valence-corrected chi connectivity index (χ2v) is 5.36. The molecule has 0 saturated carbocycles. The fourth-order valence-electron chi connectivity index (χ4n) is 1.82. The Labute approximate surface area is 124 Å². The van der Waals surface area contributed by atoms with E-state index in [0.29, 0.717) is 28.8 Å². The van der Waals surface area contributed by atoms with Crippen LogP contribution in [0.15, 0.2) is 18.2 Å². The van der Waals surface area contributed by atoms with E-state index in [-0.39, 0.29) is 12.6 Å². The van der Waals surface area contributed by atoms with Crippen LogP contribution in [0.5, 0.6) is 5.75 Å². The van der Waals surface area contributed by atoms with Gasteiger partial charge in [0.25, 0.3) is 0 Å². The van der Waals surface area contributed by atoms with Gasteiger partial charge in [-0.15, -0.1) is 0 Å².